The molecule has 0 aromatic heterocycles. The summed E-state index contributed by atoms with van der Waals surface area (Å²) in [4.78, 5) is 15.8. The summed E-state index contributed by atoms with van der Waals surface area (Å²) in [5.74, 6) is 0.783. The van der Waals surface area contributed by atoms with E-state index in [1.807, 2.05) is 11.9 Å². The number of nitrogens with one attached hydrogen (secondary N) is 1. The summed E-state index contributed by atoms with van der Waals surface area (Å²) >= 11 is 0. The van der Waals surface area contributed by atoms with Crippen LogP contribution in [0.1, 0.15) is 20.3 Å². The molecular formula is C12H25N3O. The molecule has 0 radical (unpaired) electrons. The highest BCUT2D eigenvalue weighted by molar-refractivity contribution is 5.83. The molecule has 0 bridgehead atoms. The van der Waals surface area contributed by atoms with Crippen LogP contribution in [-0.4, -0.2) is 62.0 Å². The summed E-state index contributed by atoms with van der Waals surface area (Å²) in [5.41, 5.74) is 0. The fourth-order valence-electron chi connectivity index (χ4n) is 2.08. The van der Waals surface area contributed by atoms with Crippen LogP contribution in [-0.2, 0) is 4.79 Å². The van der Waals surface area contributed by atoms with Gasteiger partial charge in [-0.25, -0.2) is 0 Å². The van der Waals surface area contributed by atoms with Crippen LogP contribution in [0.15, 0.2) is 0 Å². The number of hydrogen-bond acceptors (Lipinski definition) is 3. The Bertz CT molecular complexity index is 240. The zero-order valence-electron chi connectivity index (χ0n) is 11.2. The minimum Gasteiger partial charge on any atom is -0.344 e. The molecule has 1 aliphatic heterocycles. The average molecular weight is 227 g/mol. The van der Waals surface area contributed by atoms with Crippen molar-refractivity contribution >= 4 is 5.91 Å². The van der Waals surface area contributed by atoms with Gasteiger partial charge in [-0.15, -0.1) is 0 Å². The molecule has 2 atom stereocenters. The number of nitrogens with zero attached hydrogens (tertiary/aromatic N) is 2. The van der Waals surface area contributed by atoms with Crippen molar-refractivity contribution in [1.82, 2.24) is 15.1 Å². The van der Waals surface area contributed by atoms with E-state index in [1.54, 1.807) is 0 Å². The van der Waals surface area contributed by atoms with E-state index in [4.69, 9.17) is 0 Å². The highest BCUT2D eigenvalue weighted by Crippen LogP contribution is 2.12. The van der Waals surface area contributed by atoms with Gasteiger partial charge in [-0.2, -0.15) is 0 Å². The Hall–Kier alpha value is -0.610. The summed E-state index contributed by atoms with van der Waals surface area (Å²) in [5, 5.41) is 3.49. The van der Waals surface area contributed by atoms with E-state index in [9.17, 15) is 4.79 Å². The molecule has 94 valence electrons. The van der Waals surface area contributed by atoms with Gasteiger partial charge in [0.2, 0.25) is 5.91 Å². The smallest absolute Gasteiger partial charge is 0.239 e. The number of carbonyl (C=O) groups is 1. The molecule has 2 unspecified atom stereocenters. The summed E-state index contributed by atoms with van der Waals surface area (Å²) < 4.78 is 0. The maximum absolute atomic E-state index is 11.8. The number of carbonyl (C=O) groups excluding carboxylic acids is 1. The third-order valence-corrected chi connectivity index (χ3v) is 3.21. The highest BCUT2D eigenvalue weighted by Gasteiger charge is 2.31. The van der Waals surface area contributed by atoms with Crippen molar-refractivity contribution in [3.63, 3.8) is 0 Å². The fourth-order valence-corrected chi connectivity index (χ4v) is 2.08. The second-order valence-corrected chi connectivity index (χ2v) is 5.38. The molecule has 0 aromatic carbocycles. The number of hydrogen-bond donors (Lipinski definition) is 1. The van der Waals surface area contributed by atoms with Crippen LogP contribution in [0.25, 0.3) is 0 Å². The molecular weight excluding hydrogens is 202 g/mol. The Morgan fingerprint density at radius 3 is 2.50 bits per heavy atom. The first-order valence-corrected chi connectivity index (χ1v) is 6.07. The van der Waals surface area contributed by atoms with Gasteiger partial charge in [0.15, 0.2) is 0 Å². The molecule has 1 saturated heterocycles. The second-order valence-electron chi connectivity index (χ2n) is 5.38. The molecule has 4 heteroatoms. The van der Waals surface area contributed by atoms with E-state index in [2.05, 4.69) is 38.2 Å². The molecule has 1 amide bonds. The third kappa shape index (κ3) is 3.46. The molecule has 0 aromatic rings. The molecule has 1 N–H and O–H groups in total. The minimum absolute atomic E-state index is 0.0253. The van der Waals surface area contributed by atoms with Gasteiger partial charge >= 0.3 is 0 Å². The van der Waals surface area contributed by atoms with E-state index in [1.165, 1.54) is 0 Å². The molecule has 0 spiro atoms. The molecule has 0 saturated carbocycles. The first-order chi connectivity index (χ1) is 7.41. The van der Waals surface area contributed by atoms with E-state index < -0.39 is 0 Å². The highest BCUT2D eigenvalue weighted by atomic mass is 16.2. The first kappa shape index (κ1) is 13.5. The zero-order chi connectivity index (χ0) is 12.3. The third-order valence-electron chi connectivity index (χ3n) is 3.21. The van der Waals surface area contributed by atoms with Crippen molar-refractivity contribution in [1.29, 1.82) is 0 Å². The normalized spacial score (nSPS) is 23.6. The Morgan fingerprint density at radius 1 is 1.50 bits per heavy atom. The van der Waals surface area contributed by atoms with E-state index in [0.29, 0.717) is 12.0 Å². The Labute approximate surface area is 99.0 Å². The lowest BCUT2D eigenvalue weighted by Crippen LogP contribution is -2.49. The molecule has 0 aliphatic carbocycles. The van der Waals surface area contributed by atoms with Gasteiger partial charge < -0.3 is 15.1 Å². The van der Waals surface area contributed by atoms with Crippen molar-refractivity contribution in [3.05, 3.63) is 0 Å². The summed E-state index contributed by atoms with van der Waals surface area (Å²) in [6.45, 7) is 6.25. The molecule has 16 heavy (non-hydrogen) atoms. The number of rotatable bonds is 5. The van der Waals surface area contributed by atoms with Crippen LogP contribution in [0.4, 0.5) is 0 Å². The first-order valence-electron chi connectivity index (χ1n) is 6.07. The van der Waals surface area contributed by atoms with E-state index in [-0.39, 0.29) is 11.9 Å². The van der Waals surface area contributed by atoms with Gasteiger partial charge in [0.05, 0.1) is 6.04 Å². The molecule has 1 fully saturated rings. The average Bonchev–Trinajstić information content (AvgIpc) is 2.47. The van der Waals surface area contributed by atoms with Gasteiger partial charge in [-0.3, -0.25) is 4.79 Å². The predicted octanol–water partition coefficient (Wildman–Crippen LogP) is 0.393. The SMILES string of the molecule is CC(C)C(CN(C)C)NC1CCN(C)C1=O. The summed E-state index contributed by atoms with van der Waals surface area (Å²) in [6.07, 6.45) is 0.936. The second kappa shape index (κ2) is 5.64. The zero-order valence-corrected chi connectivity index (χ0v) is 11.2. The Morgan fingerprint density at radius 2 is 2.12 bits per heavy atom. The van der Waals surface area contributed by atoms with Crippen LogP contribution in [0.2, 0.25) is 0 Å². The van der Waals surface area contributed by atoms with Crippen molar-refractivity contribution in [2.75, 3.05) is 34.2 Å². The molecule has 1 aliphatic rings. The lowest BCUT2D eigenvalue weighted by atomic mass is 10.0. The van der Waals surface area contributed by atoms with Gasteiger partial charge in [0.1, 0.15) is 0 Å². The Kier molecular flexibility index (Phi) is 4.74. The van der Waals surface area contributed by atoms with E-state index in [0.717, 1.165) is 19.5 Å². The molecule has 4 nitrogen and oxygen atoms in total. The maximum Gasteiger partial charge on any atom is 0.239 e. The van der Waals surface area contributed by atoms with E-state index >= 15 is 0 Å². The largest absolute Gasteiger partial charge is 0.344 e. The quantitative estimate of drug-likeness (QED) is 0.738. The van der Waals surface area contributed by atoms with Crippen LogP contribution >= 0.6 is 0 Å². The standard InChI is InChI=1S/C12H25N3O/c1-9(2)11(8-14(3)4)13-10-6-7-15(5)12(10)16/h9-11,13H,6-8H2,1-5H3. The number of likely N-dealkylation sites (tertiary alicyclic amines) is 1. The maximum atomic E-state index is 11.8. The molecule has 1 rings (SSSR count). The lowest BCUT2D eigenvalue weighted by Gasteiger charge is -2.28. The van der Waals surface area contributed by atoms with Crippen LogP contribution < -0.4 is 5.32 Å². The fraction of sp³-hybridized carbons (Fsp3) is 0.917. The van der Waals surface area contributed by atoms with Crippen molar-refractivity contribution in [2.45, 2.75) is 32.4 Å². The van der Waals surface area contributed by atoms with Gasteiger partial charge in [0, 0.05) is 26.2 Å². The predicted molar refractivity (Wildman–Crippen MR) is 66.4 cm³/mol. The van der Waals surface area contributed by atoms with Crippen molar-refractivity contribution < 1.29 is 4.79 Å². The monoisotopic (exact) mass is 227 g/mol. The summed E-state index contributed by atoms with van der Waals surface area (Å²) in [7, 11) is 6.01. The van der Waals surface area contributed by atoms with Crippen LogP contribution in [0.5, 0.6) is 0 Å². The number of amides is 1. The van der Waals surface area contributed by atoms with Gasteiger partial charge in [-0.1, -0.05) is 13.8 Å². The molecule has 1 heterocycles. The van der Waals surface area contributed by atoms with Crippen molar-refractivity contribution in [3.8, 4) is 0 Å². The van der Waals surface area contributed by atoms with Crippen molar-refractivity contribution in [2.24, 2.45) is 5.92 Å². The number of likely N-dealkylation sites (N-methyl/N-ethyl adjacent to an activating group) is 2. The Balaban J connectivity index is 2.52. The van der Waals surface area contributed by atoms with Gasteiger partial charge in [-0.05, 0) is 26.4 Å². The minimum atomic E-state index is 0.0253. The van der Waals surface area contributed by atoms with Crippen LogP contribution in [0.3, 0.4) is 0 Å². The summed E-state index contributed by atoms with van der Waals surface area (Å²) in [6, 6.07) is 0.410. The lowest BCUT2D eigenvalue weighted by molar-refractivity contribution is -0.128. The van der Waals surface area contributed by atoms with Gasteiger partial charge in [0.25, 0.3) is 0 Å². The topological polar surface area (TPSA) is 35.6 Å². The van der Waals surface area contributed by atoms with Crippen LogP contribution in [0, 0.1) is 5.92 Å².